The van der Waals surface area contributed by atoms with Crippen molar-refractivity contribution in [1.82, 2.24) is 4.90 Å². The smallest absolute Gasteiger partial charge is 0.326 e. The van der Waals surface area contributed by atoms with Crippen LogP contribution < -0.4 is 10.2 Å². The molecule has 4 amide bonds. The Balaban J connectivity index is 1.60. The number of urea groups is 1. The van der Waals surface area contributed by atoms with Gasteiger partial charge < -0.3 is 10.2 Å². The number of amides is 4. The Labute approximate surface area is 183 Å². The molecule has 0 aliphatic carbocycles. The molecule has 1 fully saturated rings. The van der Waals surface area contributed by atoms with Gasteiger partial charge >= 0.3 is 6.03 Å². The fourth-order valence-corrected chi connectivity index (χ4v) is 3.54. The molecule has 1 atom stereocenters. The molecule has 1 aliphatic rings. The highest BCUT2D eigenvalue weighted by Crippen LogP contribution is 2.29. The number of benzene rings is 3. The molecule has 8 heteroatoms. The van der Waals surface area contributed by atoms with Crippen LogP contribution in [-0.4, -0.2) is 28.8 Å². The number of rotatable bonds is 6. The van der Waals surface area contributed by atoms with Gasteiger partial charge in [0.15, 0.2) is 0 Å². The molecule has 32 heavy (non-hydrogen) atoms. The summed E-state index contributed by atoms with van der Waals surface area (Å²) in [6.07, 6.45) is -0.266. The molecule has 0 saturated carbocycles. The fraction of sp³-hybridized carbons (Fsp3) is 0.125. The van der Waals surface area contributed by atoms with Crippen molar-refractivity contribution < 1.29 is 23.2 Å². The molecule has 1 heterocycles. The summed E-state index contributed by atoms with van der Waals surface area (Å²) < 4.78 is 26.6. The number of nitrogens with zero attached hydrogens (tertiary/aromatic N) is 2. The molecule has 1 aliphatic heterocycles. The second-order valence-corrected chi connectivity index (χ2v) is 7.32. The number of halogens is 2. The van der Waals surface area contributed by atoms with E-state index in [-0.39, 0.29) is 18.7 Å². The molecular weight excluding hydrogens is 416 g/mol. The average Bonchev–Trinajstić information content (AvgIpc) is 3.00. The highest BCUT2D eigenvalue weighted by Gasteiger charge is 2.46. The van der Waals surface area contributed by atoms with Crippen LogP contribution in [0.4, 0.5) is 25.0 Å². The van der Waals surface area contributed by atoms with Crippen molar-refractivity contribution in [1.29, 1.82) is 0 Å². The van der Waals surface area contributed by atoms with Crippen molar-refractivity contribution in [2.75, 3.05) is 10.2 Å². The molecule has 0 spiro atoms. The lowest BCUT2D eigenvalue weighted by molar-refractivity contribution is -0.124. The van der Waals surface area contributed by atoms with Gasteiger partial charge in [-0.1, -0.05) is 30.3 Å². The maximum atomic E-state index is 13.3. The van der Waals surface area contributed by atoms with E-state index in [9.17, 15) is 23.2 Å². The van der Waals surface area contributed by atoms with Gasteiger partial charge in [-0.15, -0.1) is 0 Å². The van der Waals surface area contributed by atoms with Gasteiger partial charge in [0.2, 0.25) is 5.91 Å². The van der Waals surface area contributed by atoms with Crippen LogP contribution in [0.5, 0.6) is 0 Å². The first kappa shape index (κ1) is 21.2. The third-order valence-corrected chi connectivity index (χ3v) is 5.11. The number of anilines is 2. The summed E-state index contributed by atoms with van der Waals surface area (Å²) in [7, 11) is 0. The predicted octanol–water partition coefficient (Wildman–Crippen LogP) is 4.33. The van der Waals surface area contributed by atoms with E-state index in [1.807, 2.05) is 0 Å². The molecule has 6 nitrogen and oxygen atoms in total. The number of imide groups is 1. The molecule has 162 valence electrons. The maximum absolute atomic E-state index is 13.3. The normalized spacial score (nSPS) is 15.9. The first-order chi connectivity index (χ1) is 15.4. The molecule has 0 unspecified atom stereocenters. The van der Waals surface area contributed by atoms with Gasteiger partial charge in [-0.2, -0.15) is 0 Å². The Bertz CT molecular complexity index is 1140. The van der Waals surface area contributed by atoms with E-state index in [0.717, 1.165) is 17.0 Å². The van der Waals surface area contributed by atoms with Crippen molar-refractivity contribution in [2.45, 2.75) is 19.0 Å². The van der Waals surface area contributed by atoms with Crippen LogP contribution in [0, 0.1) is 11.6 Å². The Morgan fingerprint density at radius 3 is 2.06 bits per heavy atom. The summed E-state index contributed by atoms with van der Waals surface area (Å²) >= 11 is 0. The molecule has 1 saturated heterocycles. The maximum Gasteiger partial charge on any atom is 0.332 e. The van der Waals surface area contributed by atoms with E-state index in [4.69, 9.17) is 0 Å². The van der Waals surface area contributed by atoms with Gasteiger partial charge in [-0.25, -0.2) is 18.5 Å². The SMILES string of the molecule is O=C(C[C@H]1C(=O)N(c2ccc(F)cc2)C(=O)N1Cc1ccc(F)cc1)Nc1ccccc1. The third kappa shape index (κ3) is 4.49. The second kappa shape index (κ2) is 8.97. The lowest BCUT2D eigenvalue weighted by atomic mass is 10.1. The van der Waals surface area contributed by atoms with E-state index in [0.29, 0.717) is 11.3 Å². The highest BCUT2D eigenvalue weighted by molar-refractivity contribution is 6.22. The number of carbonyl (C=O) groups is 3. The van der Waals surface area contributed by atoms with Crippen LogP contribution in [0.1, 0.15) is 12.0 Å². The van der Waals surface area contributed by atoms with Crippen LogP contribution in [0.15, 0.2) is 78.9 Å². The predicted molar refractivity (Wildman–Crippen MR) is 115 cm³/mol. The highest BCUT2D eigenvalue weighted by atomic mass is 19.1. The van der Waals surface area contributed by atoms with Crippen LogP contribution in [0.3, 0.4) is 0 Å². The van der Waals surface area contributed by atoms with E-state index in [2.05, 4.69) is 5.32 Å². The molecule has 0 bridgehead atoms. The summed E-state index contributed by atoms with van der Waals surface area (Å²) in [5.41, 5.74) is 1.37. The first-order valence-electron chi connectivity index (χ1n) is 9.92. The molecule has 3 aromatic rings. The van der Waals surface area contributed by atoms with Gasteiger partial charge in [-0.3, -0.25) is 9.59 Å². The molecular formula is C24H19F2N3O3. The van der Waals surface area contributed by atoms with Crippen molar-refractivity contribution in [3.63, 3.8) is 0 Å². The minimum absolute atomic E-state index is 0.00579. The lowest BCUT2D eigenvalue weighted by Crippen LogP contribution is -2.37. The number of hydrogen-bond donors (Lipinski definition) is 1. The fourth-order valence-electron chi connectivity index (χ4n) is 3.54. The van der Waals surface area contributed by atoms with Crippen LogP contribution in [0.25, 0.3) is 0 Å². The minimum Gasteiger partial charge on any atom is -0.326 e. The number of nitrogens with one attached hydrogen (secondary N) is 1. The van der Waals surface area contributed by atoms with E-state index < -0.39 is 35.5 Å². The zero-order valence-corrected chi connectivity index (χ0v) is 16.9. The van der Waals surface area contributed by atoms with Gasteiger partial charge in [0.25, 0.3) is 5.91 Å². The summed E-state index contributed by atoms with van der Waals surface area (Å²) in [5, 5.41) is 2.71. The molecule has 3 aromatic carbocycles. The number of hydrogen-bond acceptors (Lipinski definition) is 3. The van der Waals surface area contributed by atoms with Crippen molar-refractivity contribution in [2.24, 2.45) is 0 Å². The Kier molecular flexibility index (Phi) is 5.93. The van der Waals surface area contributed by atoms with Gasteiger partial charge in [0, 0.05) is 12.2 Å². The van der Waals surface area contributed by atoms with Crippen LogP contribution in [-0.2, 0) is 16.1 Å². The number of carbonyl (C=O) groups excluding carboxylic acids is 3. The quantitative estimate of drug-likeness (QED) is 0.586. The second-order valence-electron chi connectivity index (χ2n) is 7.32. The van der Waals surface area contributed by atoms with Crippen molar-refractivity contribution in [3.8, 4) is 0 Å². The Morgan fingerprint density at radius 2 is 1.44 bits per heavy atom. The zero-order chi connectivity index (χ0) is 22.7. The van der Waals surface area contributed by atoms with Crippen molar-refractivity contribution >= 4 is 29.2 Å². The first-order valence-corrected chi connectivity index (χ1v) is 9.92. The average molecular weight is 435 g/mol. The molecule has 0 aromatic heterocycles. The summed E-state index contributed by atoms with van der Waals surface area (Å²) in [6, 6.07) is 17.5. The Hall–Kier alpha value is -4.07. The Morgan fingerprint density at radius 1 is 0.844 bits per heavy atom. The third-order valence-electron chi connectivity index (χ3n) is 5.11. The molecule has 0 radical (unpaired) electrons. The van der Waals surface area contributed by atoms with Gasteiger partial charge in [0.1, 0.15) is 17.7 Å². The van der Waals surface area contributed by atoms with E-state index in [1.165, 1.54) is 41.3 Å². The molecule has 1 N–H and O–H groups in total. The van der Waals surface area contributed by atoms with Gasteiger partial charge in [-0.05, 0) is 54.1 Å². The van der Waals surface area contributed by atoms with Crippen LogP contribution >= 0.6 is 0 Å². The minimum atomic E-state index is -1.07. The van der Waals surface area contributed by atoms with Crippen molar-refractivity contribution in [3.05, 3.63) is 96.1 Å². The topological polar surface area (TPSA) is 69.7 Å². The molecule has 4 rings (SSSR count). The van der Waals surface area contributed by atoms with Gasteiger partial charge in [0.05, 0.1) is 12.1 Å². The van der Waals surface area contributed by atoms with E-state index >= 15 is 0 Å². The van der Waals surface area contributed by atoms with Crippen LogP contribution in [0.2, 0.25) is 0 Å². The lowest BCUT2D eigenvalue weighted by Gasteiger charge is -2.21. The number of para-hydroxylation sites is 1. The summed E-state index contributed by atoms with van der Waals surface area (Å²) in [6.45, 7) is 0.00579. The summed E-state index contributed by atoms with van der Waals surface area (Å²) in [4.78, 5) is 41.2. The zero-order valence-electron chi connectivity index (χ0n) is 16.9. The monoisotopic (exact) mass is 435 g/mol. The standard InChI is InChI=1S/C24H19F2N3O3/c25-17-8-6-16(7-9-17)15-28-21(14-22(30)27-19-4-2-1-3-5-19)23(31)29(24(28)32)20-12-10-18(26)11-13-20/h1-13,21H,14-15H2,(H,27,30)/t21-/m0/s1. The largest absolute Gasteiger partial charge is 0.332 e. The summed E-state index contributed by atoms with van der Waals surface area (Å²) in [5.74, 6) is -1.96. The van der Waals surface area contributed by atoms with E-state index in [1.54, 1.807) is 30.3 Å².